The van der Waals surface area contributed by atoms with Crippen molar-refractivity contribution >= 4 is 6.08 Å². The summed E-state index contributed by atoms with van der Waals surface area (Å²) in [5.74, 6) is 1.63. The number of hydrogen-bond donors (Lipinski definition) is 1. The first-order valence-electron chi connectivity index (χ1n) is 5.24. The molecule has 0 fully saturated rings. The molecule has 1 aromatic carbocycles. The molecule has 0 radical (unpaired) electrons. The van der Waals surface area contributed by atoms with E-state index in [1.807, 2.05) is 38.1 Å². The zero-order valence-electron chi connectivity index (χ0n) is 10.3. The van der Waals surface area contributed by atoms with Crippen molar-refractivity contribution in [2.24, 2.45) is 5.73 Å². The maximum atomic E-state index is 5.81. The predicted molar refractivity (Wildman–Crippen MR) is 66.8 cm³/mol. The van der Waals surface area contributed by atoms with E-state index >= 15 is 0 Å². The third kappa shape index (κ3) is 3.00. The summed E-state index contributed by atoms with van der Waals surface area (Å²) < 4.78 is 10.5. The van der Waals surface area contributed by atoms with Crippen molar-refractivity contribution in [1.82, 2.24) is 0 Å². The zero-order chi connectivity index (χ0) is 12.1. The molecule has 0 saturated heterocycles. The molecule has 3 heteroatoms. The molecule has 0 aromatic heterocycles. The van der Waals surface area contributed by atoms with Crippen LogP contribution in [-0.2, 0) is 0 Å². The van der Waals surface area contributed by atoms with Gasteiger partial charge in [0.25, 0.3) is 0 Å². The summed E-state index contributed by atoms with van der Waals surface area (Å²) in [4.78, 5) is 0. The summed E-state index contributed by atoms with van der Waals surface area (Å²) in [6.07, 6.45) is 2.02. The molecule has 0 saturated carbocycles. The van der Waals surface area contributed by atoms with Crippen molar-refractivity contribution < 1.29 is 9.47 Å². The minimum Gasteiger partial charge on any atom is -0.497 e. The van der Waals surface area contributed by atoms with Gasteiger partial charge in [0.2, 0.25) is 0 Å². The summed E-state index contributed by atoms with van der Waals surface area (Å²) in [6.45, 7) is 3.96. The van der Waals surface area contributed by atoms with Crippen molar-refractivity contribution in [2.75, 3.05) is 14.2 Å². The molecule has 0 amide bonds. The van der Waals surface area contributed by atoms with Crippen LogP contribution in [0.3, 0.4) is 0 Å². The van der Waals surface area contributed by atoms with Gasteiger partial charge in [0, 0.05) is 11.6 Å². The first kappa shape index (κ1) is 12.6. The van der Waals surface area contributed by atoms with Crippen LogP contribution < -0.4 is 15.2 Å². The predicted octanol–water partition coefficient (Wildman–Crippen LogP) is 2.45. The Bertz CT molecular complexity index is 384. The first-order chi connectivity index (χ1) is 7.58. The summed E-state index contributed by atoms with van der Waals surface area (Å²) in [5.41, 5.74) is 7.89. The average Bonchev–Trinajstić information content (AvgIpc) is 2.28. The molecule has 0 aliphatic rings. The molecule has 2 N–H and O–H groups in total. The molecule has 1 atom stereocenters. The molecule has 0 spiro atoms. The molecular formula is C13H19NO2. The van der Waals surface area contributed by atoms with E-state index in [1.54, 1.807) is 14.2 Å². The number of ether oxygens (including phenoxy) is 2. The molecule has 1 aromatic rings. The van der Waals surface area contributed by atoms with Crippen molar-refractivity contribution in [3.63, 3.8) is 0 Å². The minimum absolute atomic E-state index is 0.0379. The number of rotatable bonds is 4. The fraction of sp³-hybridized carbons (Fsp3) is 0.385. The second kappa shape index (κ2) is 5.56. The van der Waals surface area contributed by atoms with Crippen LogP contribution in [-0.4, -0.2) is 20.3 Å². The van der Waals surface area contributed by atoms with Crippen molar-refractivity contribution in [1.29, 1.82) is 0 Å². The van der Waals surface area contributed by atoms with Gasteiger partial charge in [0.05, 0.1) is 14.2 Å². The van der Waals surface area contributed by atoms with Crippen LogP contribution in [0.1, 0.15) is 19.4 Å². The lowest BCUT2D eigenvalue weighted by molar-refractivity contribution is 0.402. The Morgan fingerprint density at radius 3 is 2.50 bits per heavy atom. The minimum atomic E-state index is 0.0379. The summed E-state index contributed by atoms with van der Waals surface area (Å²) in [7, 11) is 3.30. The highest BCUT2D eigenvalue weighted by atomic mass is 16.5. The molecule has 0 bridgehead atoms. The molecule has 0 aliphatic heterocycles. The molecular weight excluding hydrogens is 202 g/mol. The molecule has 1 unspecified atom stereocenters. The lowest BCUT2D eigenvalue weighted by Crippen LogP contribution is -2.15. The molecule has 3 nitrogen and oxygen atoms in total. The Morgan fingerprint density at radius 2 is 2.00 bits per heavy atom. The number of nitrogens with two attached hydrogens (primary N) is 1. The van der Waals surface area contributed by atoms with Crippen LogP contribution in [0.5, 0.6) is 11.5 Å². The van der Waals surface area contributed by atoms with Crippen molar-refractivity contribution in [3.05, 3.63) is 29.3 Å². The Balaban J connectivity index is 3.14. The monoisotopic (exact) mass is 221 g/mol. The lowest BCUT2D eigenvalue weighted by Gasteiger charge is -2.10. The van der Waals surface area contributed by atoms with Gasteiger partial charge < -0.3 is 15.2 Å². The van der Waals surface area contributed by atoms with E-state index in [0.717, 1.165) is 22.6 Å². The van der Waals surface area contributed by atoms with E-state index < -0.39 is 0 Å². The highest BCUT2D eigenvalue weighted by molar-refractivity contribution is 5.62. The maximum absolute atomic E-state index is 5.81. The normalized spacial score (nSPS) is 13.4. The summed E-state index contributed by atoms with van der Waals surface area (Å²) in [6, 6.07) is 5.73. The standard InChI is InChI=1S/C13H19NO2/c1-9(10(2)14)7-11-8-12(15-3)5-6-13(11)16-4/h5-8,10H,14H2,1-4H3/b9-7-. The van der Waals surface area contributed by atoms with Gasteiger partial charge in [0.1, 0.15) is 11.5 Å². The molecule has 88 valence electrons. The number of methoxy groups -OCH3 is 2. The van der Waals surface area contributed by atoms with Gasteiger partial charge in [-0.2, -0.15) is 0 Å². The highest BCUT2D eigenvalue weighted by Gasteiger charge is 2.04. The van der Waals surface area contributed by atoms with Crippen LogP contribution in [0.15, 0.2) is 23.8 Å². The molecule has 0 aliphatic carbocycles. The van der Waals surface area contributed by atoms with Crippen molar-refractivity contribution in [2.45, 2.75) is 19.9 Å². The highest BCUT2D eigenvalue weighted by Crippen LogP contribution is 2.26. The van der Waals surface area contributed by atoms with E-state index in [9.17, 15) is 0 Å². The van der Waals surface area contributed by atoms with E-state index in [4.69, 9.17) is 15.2 Å². The third-order valence-corrected chi connectivity index (χ3v) is 2.54. The largest absolute Gasteiger partial charge is 0.497 e. The van der Waals surface area contributed by atoms with Crippen LogP contribution in [0, 0.1) is 0 Å². The van der Waals surface area contributed by atoms with E-state index in [1.165, 1.54) is 0 Å². The number of hydrogen-bond acceptors (Lipinski definition) is 3. The quantitative estimate of drug-likeness (QED) is 0.849. The van der Waals surface area contributed by atoms with Crippen LogP contribution >= 0.6 is 0 Å². The van der Waals surface area contributed by atoms with Gasteiger partial charge >= 0.3 is 0 Å². The topological polar surface area (TPSA) is 44.5 Å². The fourth-order valence-electron chi connectivity index (χ4n) is 1.33. The molecule has 16 heavy (non-hydrogen) atoms. The second-order valence-corrected chi connectivity index (χ2v) is 3.78. The Morgan fingerprint density at radius 1 is 1.31 bits per heavy atom. The Hall–Kier alpha value is -1.48. The van der Waals surface area contributed by atoms with Crippen LogP contribution in [0.25, 0.3) is 6.08 Å². The average molecular weight is 221 g/mol. The number of benzene rings is 1. The Kier molecular flexibility index (Phi) is 4.38. The van der Waals surface area contributed by atoms with Gasteiger partial charge in [-0.3, -0.25) is 0 Å². The van der Waals surface area contributed by atoms with Gasteiger partial charge in [0.15, 0.2) is 0 Å². The van der Waals surface area contributed by atoms with E-state index in [2.05, 4.69) is 0 Å². The van der Waals surface area contributed by atoms with Crippen LogP contribution in [0.4, 0.5) is 0 Å². The molecule has 0 heterocycles. The lowest BCUT2D eigenvalue weighted by atomic mass is 10.1. The molecule has 1 rings (SSSR count). The van der Waals surface area contributed by atoms with Gasteiger partial charge in [-0.15, -0.1) is 0 Å². The van der Waals surface area contributed by atoms with Gasteiger partial charge in [-0.1, -0.05) is 11.6 Å². The first-order valence-corrected chi connectivity index (χ1v) is 5.24. The van der Waals surface area contributed by atoms with Gasteiger partial charge in [-0.25, -0.2) is 0 Å². The fourth-order valence-corrected chi connectivity index (χ4v) is 1.33. The van der Waals surface area contributed by atoms with E-state index in [0.29, 0.717) is 0 Å². The Labute approximate surface area is 96.9 Å². The van der Waals surface area contributed by atoms with E-state index in [-0.39, 0.29) is 6.04 Å². The zero-order valence-corrected chi connectivity index (χ0v) is 10.3. The third-order valence-electron chi connectivity index (χ3n) is 2.54. The van der Waals surface area contributed by atoms with Gasteiger partial charge in [-0.05, 0) is 32.0 Å². The maximum Gasteiger partial charge on any atom is 0.126 e. The SMILES string of the molecule is COc1ccc(OC)c(/C=C(/C)C(C)N)c1. The van der Waals surface area contributed by atoms with Crippen molar-refractivity contribution in [3.8, 4) is 11.5 Å². The smallest absolute Gasteiger partial charge is 0.126 e. The second-order valence-electron chi connectivity index (χ2n) is 3.78. The summed E-state index contributed by atoms with van der Waals surface area (Å²) >= 11 is 0. The summed E-state index contributed by atoms with van der Waals surface area (Å²) in [5, 5.41) is 0. The van der Waals surface area contributed by atoms with Crippen LogP contribution in [0.2, 0.25) is 0 Å².